The van der Waals surface area contributed by atoms with Crippen molar-refractivity contribution in [2.45, 2.75) is 0 Å². The number of pyridine rings is 1. The fraction of sp³-hybridized carbons (Fsp3) is 0.250. The third-order valence-corrected chi connectivity index (χ3v) is 3.95. The first kappa shape index (κ1) is 12.3. The van der Waals surface area contributed by atoms with Gasteiger partial charge in [0.05, 0.1) is 16.7 Å². The van der Waals surface area contributed by atoms with Crippen molar-refractivity contribution in [1.82, 2.24) is 19.9 Å². The summed E-state index contributed by atoms with van der Waals surface area (Å²) in [6, 6.07) is 10.5. The van der Waals surface area contributed by atoms with E-state index in [-0.39, 0.29) is 0 Å². The molecule has 0 saturated carbocycles. The lowest BCUT2D eigenvalue weighted by Gasteiger charge is -2.29. The fourth-order valence-electron chi connectivity index (χ4n) is 2.83. The summed E-state index contributed by atoms with van der Waals surface area (Å²) in [5.41, 5.74) is 4.51. The van der Waals surface area contributed by atoms with Gasteiger partial charge in [-0.1, -0.05) is 0 Å². The predicted molar refractivity (Wildman–Crippen MR) is 83.9 cm³/mol. The number of fused-ring (bicyclic) bond motifs is 1. The molecule has 1 N–H and O–H groups in total. The second kappa shape index (κ2) is 5.18. The maximum atomic E-state index is 4.49. The molecule has 0 spiro atoms. The van der Waals surface area contributed by atoms with Crippen LogP contribution in [0.2, 0.25) is 0 Å². The van der Waals surface area contributed by atoms with Gasteiger partial charge in [-0.15, -0.1) is 0 Å². The number of rotatable bonds is 2. The highest BCUT2D eigenvalue weighted by atomic mass is 15.2. The molecule has 1 aromatic carbocycles. The maximum Gasteiger partial charge on any atom is 0.100 e. The van der Waals surface area contributed by atoms with E-state index >= 15 is 0 Å². The van der Waals surface area contributed by atoms with E-state index in [4.69, 9.17) is 0 Å². The molecule has 0 aliphatic carbocycles. The van der Waals surface area contributed by atoms with Gasteiger partial charge < -0.3 is 10.2 Å². The highest BCUT2D eigenvalue weighted by Crippen LogP contribution is 2.24. The Bertz CT molecular complexity index is 744. The zero-order valence-corrected chi connectivity index (χ0v) is 11.7. The minimum atomic E-state index is 1.02. The lowest BCUT2D eigenvalue weighted by molar-refractivity contribution is 0.589. The molecule has 106 valence electrons. The SMILES string of the molecule is c1cc(-n2cnc3ccc(N4CCNCC4)cc32)ccn1. The second-order valence-electron chi connectivity index (χ2n) is 5.23. The molecule has 1 aliphatic heterocycles. The number of nitrogens with one attached hydrogen (secondary N) is 1. The molecular formula is C16H17N5. The molecular weight excluding hydrogens is 262 g/mol. The molecule has 5 heteroatoms. The van der Waals surface area contributed by atoms with E-state index in [1.165, 1.54) is 5.69 Å². The summed E-state index contributed by atoms with van der Waals surface area (Å²) in [6.45, 7) is 4.19. The molecule has 1 aliphatic rings. The van der Waals surface area contributed by atoms with Crippen molar-refractivity contribution in [3.63, 3.8) is 0 Å². The van der Waals surface area contributed by atoms with Gasteiger partial charge in [-0.05, 0) is 30.3 Å². The smallest absolute Gasteiger partial charge is 0.100 e. The van der Waals surface area contributed by atoms with Gasteiger partial charge in [0.1, 0.15) is 6.33 Å². The molecule has 4 rings (SSSR count). The molecule has 0 bridgehead atoms. The Morgan fingerprint density at radius 2 is 1.76 bits per heavy atom. The predicted octanol–water partition coefficient (Wildman–Crippen LogP) is 1.83. The largest absolute Gasteiger partial charge is 0.369 e. The van der Waals surface area contributed by atoms with Crippen molar-refractivity contribution in [3.05, 3.63) is 49.1 Å². The third-order valence-electron chi connectivity index (χ3n) is 3.95. The molecule has 0 atom stereocenters. The van der Waals surface area contributed by atoms with E-state index in [1.54, 1.807) is 12.4 Å². The number of nitrogens with zero attached hydrogens (tertiary/aromatic N) is 4. The molecule has 2 aromatic heterocycles. The Hall–Kier alpha value is -2.40. The van der Waals surface area contributed by atoms with Crippen LogP contribution in [-0.4, -0.2) is 40.7 Å². The summed E-state index contributed by atoms with van der Waals surface area (Å²) in [6.07, 6.45) is 5.49. The van der Waals surface area contributed by atoms with Gasteiger partial charge in [0.25, 0.3) is 0 Å². The van der Waals surface area contributed by atoms with Crippen LogP contribution in [0.25, 0.3) is 16.7 Å². The Morgan fingerprint density at radius 3 is 2.57 bits per heavy atom. The molecule has 1 fully saturated rings. The third kappa shape index (κ3) is 2.25. The molecule has 21 heavy (non-hydrogen) atoms. The second-order valence-corrected chi connectivity index (χ2v) is 5.23. The molecule has 3 heterocycles. The van der Waals surface area contributed by atoms with Crippen molar-refractivity contribution in [1.29, 1.82) is 0 Å². The molecule has 1 saturated heterocycles. The lowest BCUT2D eigenvalue weighted by Crippen LogP contribution is -2.43. The first-order valence-electron chi connectivity index (χ1n) is 7.25. The van der Waals surface area contributed by atoms with Crippen LogP contribution in [0.15, 0.2) is 49.1 Å². The van der Waals surface area contributed by atoms with E-state index in [1.807, 2.05) is 18.5 Å². The molecule has 0 amide bonds. The van der Waals surface area contributed by atoms with Crippen LogP contribution in [0.1, 0.15) is 0 Å². The Labute approximate surface area is 123 Å². The molecule has 0 unspecified atom stereocenters. The Morgan fingerprint density at radius 1 is 0.952 bits per heavy atom. The van der Waals surface area contributed by atoms with E-state index in [0.29, 0.717) is 0 Å². The Balaban J connectivity index is 1.79. The van der Waals surface area contributed by atoms with Crippen LogP contribution >= 0.6 is 0 Å². The number of imidazole rings is 1. The summed E-state index contributed by atoms with van der Waals surface area (Å²) < 4.78 is 2.11. The van der Waals surface area contributed by atoms with Gasteiger partial charge in [0.2, 0.25) is 0 Å². The average Bonchev–Trinajstić information content (AvgIpc) is 2.99. The standard InChI is InChI=1S/C16H17N5/c1-2-15-16(11-14(1)20-9-7-18-8-10-20)21(12-19-15)13-3-5-17-6-4-13/h1-6,11-12,18H,7-10H2. The van der Waals surface area contributed by atoms with Gasteiger partial charge in [-0.3, -0.25) is 9.55 Å². The topological polar surface area (TPSA) is 46.0 Å². The van der Waals surface area contributed by atoms with Crippen LogP contribution in [0.3, 0.4) is 0 Å². The summed E-state index contributed by atoms with van der Waals surface area (Å²) in [7, 11) is 0. The van der Waals surface area contributed by atoms with Gasteiger partial charge >= 0.3 is 0 Å². The van der Waals surface area contributed by atoms with Crippen LogP contribution in [0, 0.1) is 0 Å². The fourth-order valence-corrected chi connectivity index (χ4v) is 2.83. The number of anilines is 1. The van der Waals surface area contributed by atoms with Gasteiger partial charge in [-0.2, -0.15) is 0 Å². The highest BCUT2D eigenvalue weighted by molar-refractivity contribution is 5.81. The van der Waals surface area contributed by atoms with Crippen molar-refractivity contribution >= 4 is 16.7 Å². The van der Waals surface area contributed by atoms with Gasteiger partial charge in [0.15, 0.2) is 0 Å². The molecule has 0 radical (unpaired) electrons. The summed E-state index contributed by atoms with van der Waals surface area (Å²) in [4.78, 5) is 11.0. The number of benzene rings is 1. The Kier molecular flexibility index (Phi) is 3.05. The monoisotopic (exact) mass is 279 g/mol. The van der Waals surface area contributed by atoms with E-state index in [2.05, 4.69) is 43.0 Å². The van der Waals surface area contributed by atoms with Crippen molar-refractivity contribution in [2.24, 2.45) is 0 Å². The van der Waals surface area contributed by atoms with Gasteiger partial charge in [-0.25, -0.2) is 4.98 Å². The maximum absolute atomic E-state index is 4.49. The van der Waals surface area contributed by atoms with Crippen LogP contribution in [-0.2, 0) is 0 Å². The molecule has 3 aromatic rings. The van der Waals surface area contributed by atoms with Crippen LogP contribution in [0.4, 0.5) is 5.69 Å². The van der Waals surface area contributed by atoms with Crippen molar-refractivity contribution in [2.75, 3.05) is 31.1 Å². The highest BCUT2D eigenvalue weighted by Gasteiger charge is 2.12. The number of piperazine rings is 1. The van der Waals surface area contributed by atoms with Crippen molar-refractivity contribution < 1.29 is 0 Å². The summed E-state index contributed by atoms with van der Waals surface area (Å²) >= 11 is 0. The summed E-state index contributed by atoms with van der Waals surface area (Å²) in [5, 5.41) is 3.39. The van der Waals surface area contributed by atoms with Crippen molar-refractivity contribution in [3.8, 4) is 5.69 Å². The van der Waals surface area contributed by atoms with Gasteiger partial charge in [0, 0.05) is 44.3 Å². The normalized spacial score (nSPS) is 15.5. The number of aromatic nitrogens is 3. The first-order valence-corrected chi connectivity index (χ1v) is 7.25. The number of hydrogen-bond acceptors (Lipinski definition) is 4. The van der Waals surface area contributed by atoms with E-state index in [9.17, 15) is 0 Å². The summed E-state index contributed by atoms with van der Waals surface area (Å²) in [5.74, 6) is 0. The van der Waals surface area contributed by atoms with Crippen LogP contribution in [0.5, 0.6) is 0 Å². The zero-order valence-electron chi connectivity index (χ0n) is 11.7. The number of hydrogen-bond donors (Lipinski definition) is 1. The first-order chi connectivity index (χ1) is 10.4. The zero-order chi connectivity index (χ0) is 14.1. The average molecular weight is 279 g/mol. The minimum Gasteiger partial charge on any atom is -0.369 e. The van der Waals surface area contributed by atoms with E-state index < -0.39 is 0 Å². The molecule has 5 nitrogen and oxygen atoms in total. The van der Waals surface area contributed by atoms with E-state index in [0.717, 1.165) is 42.9 Å². The quantitative estimate of drug-likeness (QED) is 0.777. The van der Waals surface area contributed by atoms with Crippen LogP contribution < -0.4 is 10.2 Å². The lowest BCUT2D eigenvalue weighted by atomic mass is 10.2. The minimum absolute atomic E-state index is 1.02.